The van der Waals surface area contributed by atoms with Crippen LogP contribution in [0.4, 0.5) is 0 Å². The predicted octanol–water partition coefficient (Wildman–Crippen LogP) is 3.34. The number of benzene rings is 3. The summed E-state index contributed by atoms with van der Waals surface area (Å²) >= 11 is -3.15. The summed E-state index contributed by atoms with van der Waals surface area (Å²) in [4.78, 5) is 0. The average Bonchev–Trinajstić information content (AvgIpc) is 2.62. The number of hydrogen-bond acceptors (Lipinski definition) is 0. The molecule has 3 rings (SSSR count). The Balaban J connectivity index is 2.31. The number of allylic oxidation sites excluding steroid dienone is 1. The van der Waals surface area contributed by atoms with Crippen molar-refractivity contribution in [1.29, 1.82) is 0 Å². The second-order valence-corrected chi connectivity index (χ2v) is 20.9. The third kappa shape index (κ3) is 2.80. The topological polar surface area (TPSA) is 0 Å². The SMILES string of the molecule is C=C[CH2][Pb]([c]1ccccc1)([c]1ccccc1)[c]1ccccc1. The van der Waals surface area contributed by atoms with Gasteiger partial charge >= 0.3 is 138 Å². The van der Waals surface area contributed by atoms with Gasteiger partial charge in [0.05, 0.1) is 0 Å². The fourth-order valence-corrected chi connectivity index (χ4v) is 20.4. The van der Waals surface area contributed by atoms with Crippen LogP contribution < -0.4 is 9.37 Å². The van der Waals surface area contributed by atoms with Crippen LogP contribution >= 0.6 is 0 Å². The van der Waals surface area contributed by atoms with Gasteiger partial charge in [-0.25, -0.2) is 0 Å². The van der Waals surface area contributed by atoms with Gasteiger partial charge in [0.2, 0.25) is 0 Å². The van der Waals surface area contributed by atoms with Crippen LogP contribution in [0.15, 0.2) is 104 Å². The second-order valence-electron chi connectivity index (χ2n) is 5.50. The molecule has 22 heavy (non-hydrogen) atoms. The first-order chi connectivity index (χ1) is 10.9. The summed E-state index contributed by atoms with van der Waals surface area (Å²) < 4.78 is 5.65. The van der Waals surface area contributed by atoms with E-state index in [0.29, 0.717) is 0 Å². The van der Waals surface area contributed by atoms with Gasteiger partial charge in [0, 0.05) is 0 Å². The molecule has 108 valence electrons. The molecule has 0 radical (unpaired) electrons. The average molecular weight is 480 g/mol. The number of hydrogen-bond donors (Lipinski definition) is 0. The Hall–Kier alpha value is -1.68. The summed E-state index contributed by atoms with van der Waals surface area (Å²) in [5, 5.41) is 0. The van der Waals surface area contributed by atoms with Crippen molar-refractivity contribution < 1.29 is 0 Å². The standard InChI is InChI=1S/3C6H5.C3H5.Pb/c3*1-2-4-6-5-3-1;1-3-2;/h3*1-5H;3H,1-2H2;. The van der Waals surface area contributed by atoms with Gasteiger partial charge in [0.15, 0.2) is 0 Å². The molecule has 3 aromatic rings. The normalized spacial score (nSPS) is 11.1. The van der Waals surface area contributed by atoms with E-state index in [0.717, 1.165) is 3.98 Å². The van der Waals surface area contributed by atoms with Gasteiger partial charge in [0.1, 0.15) is 0 Å². The molecule has 0 aliphatic rings. The quantitative estimate of drug-likeness (QED) is 0.389. The fourth-order valence-electron chi connectivity index (χ4n) is 3.24. The molecule has 0 nitrogen and oxygen atoms in total. The third-order valence-electron chi connectivity index (χ3n) is 4.25. The van der Waals surface area contributed by atoms with Crippen molar-refractivity contribution in [3.05, 3.63) is 104 Å². The van der Waals surface area contributed by atoms with Crippen molar-refractivity contribution in [2.24, 2.45) is 0 Å². The van der Waals surface area contributed by atoms with Gasteiger partial charge in [-0.3, -0.25) is 0 Å². The van der Waals surface area contributed by atoms with Gasteiger partial charge in [-0.1, -0.05) is 0 Å². The molecule has 0 saturated carbocycles. The maximum absolute atomic E-state index is 4.08. The second kappa shape index (κ2) is 7.05. The van der Waals surface area contributed by atoms with Crippen molar-refractivity contribution in [2.45, 2.75) is 3.98 Å². The zero-order valence-corrected chi connectivity index (χ0v) is 16.5. The molecule has 0 heterocycles. The maximum atomic E-state index is 4.08. The molecular weight excluding hydrogens is 459 g/mol. The Morgan fingerprint density at radius 3 is 1.18 bits per heavy atom. The molecule has 0 bridgehead atoms. The van der Waals surface area contributed by atoms with Gasteiger partial charge in [-0.2, -0.15) is 0 Å². The fraction of sp³-hybridized carbons (Fsp3) is 0.0476. The molecule has 0 aromatic heterocycles. The molecule has 3 aromatic carbocycles. The van der Waals surface area contributed by atoms with Crippen LogP contribution in [0.5, 0.6) is 0 Å². The molecule has 1 heteroatoms. The summed E-state index contributed by atoms with van der Waals surface area (Å²) in [6.45, 7) is 4.08. The van der Waals surface area contributed by atoms with E-state index < -0.39 is 21.2 Å². The van der Waals surface area contributed by atoms with Gasteiger partial charge in [0.25, 0.3) is 0 Å². The van der Waals surface area contributed by atoms with Crippen LogP contribution in [0.1, 0.15) is 0 Å². The van der Waals surface area contributed by atoms with E-state index in [1.807, 2.05) is 0 Å². The Labute approximate surface area is 137 Å². The molecule has 0 aliphatic heterocycles. The van der Waals surface area contributed by atoms with Crippen molar-refractivity contribution in [1.82, 2.24) is 0 Å². The molecule has 0 aliphatic carbocycles. The van der Waals surface area contributed by atoms with E-state index in [1.54, 1.807) is 0 Å². The molecule has 0 fully saturated rings. The summed E-state index contributed by atoms with van der Waals surface area (Å²) in [6, 6.07) is 33.2. The van der Waals surface area contributed by atoms with Crippen LogP contribution in [0.25, 0.3) is 0 Å². The molecule has 0 spiro atoms. The minimum absolute atomic E-state index is 1.09. The van der Waals surface area contributed by atoms with E-state index in [-0.39, 0.29) is 0 Å². The van der Waals surface area contributed by atoms with Crippen molar-refractivity contribution in [3.63, 3.8) is 0 Å². The number of rotatable bonds is 5. The van der Waals surface area contributed by atoms with Crippen LogP contribution in [0, 0.1) is 0 Å². The monoisotopic (exact) mass is 480 g/mol. The summed E-state index contributed by atoms with van der Waals surface area (Å²) in [7, 11) is 0. The molecular formula is C21H20Pb. The van der Waals surface area contributed by atoms with E-state index in [2.05, 4.69) is 104 Å². The van der Waals surface area contributed by atoms with Crippen LogP contribution in [-0.2, 0) is 0 Å². The van der Waals surface area contributed by atoms with Crippen LogP contribution in [-0.4, -0.2) is 21.2 Å². The molecule has 0 unspecified atom stereocenters. The predicted molar refractivity (Wildman–Crippen MR) is 99.0 cm³/mol. The van der Waals surface area contributed by atoms with Gasteiger partial charge < -0.3 is 0 Å². The third-order valence-corrected chi connectivity index (χ3v) is 23.1. The first-order valence-corrected chi connectivity index (χ1v) is 16.2. The Bertz CT molecular complexity index is 621. The molecule has 0 N–H and O–H groups in total. The van der Waals surface area contributed by atoms with Gasteiger partial charge in [-0.15, -0.1) is 0 Å². The van der Waals surface area contributed by atoms with E-state index in [9.17, 15) is 0 Å². The molecule has 0 saturated heterocycles. The minimum atomic E-state index is -3.15. The Morgan fingerprint density at radius 1 is 0.591 bits per heavy atom. The van der Waals surface area contributed by atoms with Crippen molar-refractivity contribution >= 4 is 30.5 Å². The molecule has 0 atom stereocenters. The Kier molecular flexibility index (Phi) is 4.88. The van der Waals surface area contributed by atoms with E-state index in [1.165, 1.54) is 9.37 Å². The first-order valence-electron chi connectivity index (χ1n) is 7.65. The first kappa shape index (κ1) is 15.2. The summed E-state index contributed by atoms with van der Waals surface area (Å²) in [5.74, 6) is 0. The van der Waals surface area contributed by atoms with Crippen LogP contribution in [0.2, 0.25) is 3.98 Å². The van der Waals surface area contributed by atoms with E-state index >= 15 is 0 Å². The zero-order chi connectivity index (χ0) is 15.3. The van der Waals surface area contributed by atoms with Crippen LogP contribution in [0.3, 0.4) is 0 Å². The van der Waals surface area contributed by atoms with Gasteiger partial charge in [-0.05, 0) is 0 Å². The van der Waals surface area contributed by atoms with Crippen molar-refractivity contribution in [3.8, 4) is 0 Å². The Morgan fingerprint density at radius 2 is 0.909 bits per heavy atom. The van der Waals surface area contributed by atoms with E-state index in [4.69, 9.17) is 0 Å². The zero-order valence-electron chi connectivity index (χ0n) is 12.7. The molecule has 0 amide bonds. The summed E-state index contributed by atoms with van der Waals surface area (Å²) in [5.41, 5.74) is 0. The summed E-state index contributed by atoms with van der Waals surface area (Å²) in [6.07, 6.45) is 2.12. The van der Waals surface area contributed by atoms with Crippen molar-refractivity contribution in [2.75, 3.05) is 0 Å².